The van der Waals surface area contributed by atoms with Gasteiger partial charge in [0.2, 0.25) is 0 Å². The minimum atomic E-state index is -4.35. The van der Waals surface area contributed by atoms with Crippen LogP contribution in [0.5, 0.6) is 0 Å². The molecule has 1 aliphatic rings. The van der Waals surface area contributed by atoms with Crippen LogP contribution < -0.4 is 4.90 Å². The van der Waals surface area contributed by atoms with Crippen molar-refractivity contribution in [3.8, 4) is 22.3 Å². The Bertz CT molecular complexity index is 1480. The minimum absolute atomic E-state index is 0.606. The zero-order valence-electron chi connectivity index (χ0n) is 19.3. The highest BCUT2D eigenvalue weighted by atomic mass is 19.4. The van der Waals surface area contributed by atoms with Gasteiger partial charge in [-0.15, -0.1) is 0 Å². The van der Waals surface area contributed by atoms with E-state index in [1.807, 2.05) is 48.5 Å². The Labute approximate surface area is 208 Å². The van der Waals surface area contributed by atoms with Gasteiger partial charge in [-0.05, 0) is 94.4 Å². The number of rotatable bonds is 4. The molecule has 0 heterocycles. The summed E-state index contributed by atoms with van der Waals surface area (Å²) in [6.07, 6.45) is -3.69. The Morgan fingerprint density at radius 2 is 1.00 bits per heavy atom. The molecule has 0 saturated carbocycles. The van der Waals surface area contributed by atoms with Gasteiger partial charge in [0, 0.05) is 17.1 Å². The van der Waals surface area contributed by atoms with Gasteiger partial charge in [0.05, 0.1) is 5.56 Å². The van der Waals surface area contributed by atoms with Crippen molar-refractivity contribution in [3.05, 3.63) is 138 Å². The normalized spacial score (nSPS) is 12.2. The van der Waals surface area contributed by atoms with Gasteiger partial charge >= 0.3 is 6.18 Å². The summed E-state index contributed by atoms with van der Waals surface area (Å²) < 4.78 is 40.0. The van der Waals surface area contributed by atoms with Crippen LogP contribution >= 0.6 is 0 Å². The summed E-state index contributed by atoms with van der Waals surface area (Å²) in [5.74, 6) is 0. The molecule has 0 spiro atoms. The number of hydrogen-bond acceptors (Lipinski definition) is 1. The van der Waals surface area contributed by atoms with Crippen molar-refractivity contribution in [3.63, 3.8) is 0 Å². The zero-order valence-corrected chi connectivity index (χ0v) is 19.3. The molecule has 0 aromatic heterocycles. The van der Waals surface area contributed by atoms with Crippen LogP contribution in [0.15, 0.2) is 121 Å². The van der Waals surface area contributed by atoms with Crippen LogP contribution in [0.4, 0.5) is 30.2 Å². The standard InChI is InChI=1S/C32H22F3N/c33-32(34,35)26-16-13-25-19-24-12-11-23(20-30(24)31(25)21-26)22-14-17-29(18-15-22)36(27-7-3-1-4-8-27)28-9-5-2-6-10-28/h1-18,20-21H,19H2. The van der Waals surface area contributed by atoms with Crippen molar-refractivity contribution in [1.82, 2.24) is 0 Å². The molecule has 1 aliphatic carbocycles. The zero-order chi connectivity index (χ0) is 24.7. The van der Waals surface area contributed by atoms with Gasteiger partial charge in [0.15, 0.2) is 0 Å². The van der Waals surface area contributed by atoms with Crippen molar-refractivity contribution >= 4 is 17.1 Å². The van der Waals surface area contributed by atoms with E-state index in [4.69, 9.17) is 0 Å². The third-order valence-electron chi connectivity index (χ3n) is 6.71. The molecule has 0 atom stereocenters. The average Bonchev–Trinajstić information content (AvgIpc) is 3.27. The molecule has 5 aromatic carbocycles. The van der Waals surface area contributed by atoms with Crippen LogP contribution in [0.25, 0.3) is 22.3 Å². The highest BCUT2D eigenvalue weighted by Crippen LogP contribution is 2.42. The first-order valence-electron chi connectivity index (χ1n) is 11.8. The van der Waals surface area contributed by atoms with Gasteiger partial charge < -0.3 is 4.90 Å². The number of nitrogens with zero attached hydrogens (tertiary/aromatic N) is 1. The molecular formula is C32H22F3N. The predicted octanol–water partition coefficient (Wildman–Crippen LogP) is 9.41. The third kappa shape index (κ3) is 4.05. The Morgan fingerprint density at radius 3 is 1.58 bits per heavy atom. The monoisotopic (exact) mass is 477 g/mol. The van der Waals surface area contributed by atoms with Gasteiger partial charge in [-0.3, -0.25) is 0 Å². The fourth-order valence-corrected chi connectivity index (χ4v) is 4.93. The van der Waals surface area contributed by atoms with Crippen LogP contribution in [0.2, 0.25) is 0 Å². The molecule has 0 saturated heterocycles. The largest absolute Gasteiger partial charge is 0.416 e. The molecule has 1 nitrogen and oxygen atoms in total. The van der Waals surface area contributed by atoms with Crippen molar-refractivity contribution in [2.24, 2.45) is 0 Å². The van der Waals surface area contributed by atoms with E-state index in [2.05, 4.69) is 59.5 Å². The molecule has 0 N–H and O–H groups in total. The first-order valence-corrected chi connectivity index (χ1v) is 11.8. The minimum Gasteiger partial charge on any atom is -0.311 e. The first-order chi connectivity index (χ1) is 17.5. The molecule has 0 radical (unpaired) electrons. The van der Waals surface area contributed by atoms with Crippen molar-refractivity contribution in [2.75, 3.05) is 4.90 Å². The number of para-hydroxylation sites is 2. The van der Waals surface area contributed by atoms with E-state index < -0.39 is 11.7 Å². The maximum absolute atomic E-state index is 13.3. The van der Waals surface area contributed by atoms with E-state index in [1.54, 1.807) is 6.07 Å². The number of alkyl halides is 3. The summed E-state index contributed by atoms with van der Waals surface area (Å²) in [5.41, 5.74) is 8.10. The number of benzene rings is 5. The van der Waals surface area contributed by atoms with E-state index in [1.165, 1.54) is 12.1 Å². The fraction of sp³-hybridized carbons (Fsp3) is 0.0625. The maximum atomic E-state index is 13.3. The molecule has 4 heteroatoms. The molecule has 0 bridgehead atoms. The molecule has 36 heavy (non-hydrogen) atoms. The lowest BCUT2D eigenvalue weighted by atomic mass is 9.97. The number of fused-ring (bicyclic) bond motifs is 3. The Kier molecular flexibility index (Phi) is 5.37. The predicted molar refractivity (Wildman–Crippen MR) is 140 cm³/mol. The molecule has 6 rings (SSSR count). The first kappa shape index (κ1) is 22.2. The Hall–Kier alpha value is -4.31. The topological polar surface area (TPSA) is 3.24 Å². The number of hydrogen-bond donors (Lipinski definition) is 0. The molecule has 5 aromatic rings. The van der Waals surface area contributed by atoms with Crippen LogP contribution in [0.1, 0.15) is 16.7 Å². The Balaban J connectivity index is 1.36. The van der Waals surface area contributed by atoms with E-state index in [-0.39, 0.29) is 0 Å². The van der Waals surface area contributed by atoms with Crippen LogP contribution in [-0.4, -0.2) is 0 Å². The lowest BCUT2D eigenvalue weighted by molar-refractivity contribution is -0.137. The fourth-order valence-electron chi connectivity index (χ4n) is 4.93. The summed E-state index contributed by atoms with van der Waals surface area (Å²) in [5, 5.41) is 0. The SMILES string of the molecule is FC(F)(F)c1ccc2c(c1)-c1cc(-c3ccc(N(c4ccccc4)c4ccccc4)cc3)ccc1C2. The second-order valence-corrected chi connectivity index (χ2v) is 8.97. The van der Waals surface area contributed by atoms with Crippen molar-refractivity contribution in [1.29, 1.82) is 0 Å². The van der Waals surface area contributed by atoms with Crippen LogP contribution in [0.3, 0.4) is 0 Å². The summed E-state index contributed by atoms with van der Waals surface area (Å²) in [6, 6.07) is 38.9. The number of anilines is 3. The smallest absolute Gasteiger partial charge is 0.311 e. The summed E-state index contributed by atoms with van der Waals surface area (Å²) in [6.45, 7) is 0. The highest BCUT2D eigenvalue weighted by Gasteiger charge is 2.32. The summed E-state index contributed by atoms with van der Waals surface area (Å²) >= 11 is 0. The van der Waals surface area contributed by atoms with E-state index >= 15 is 0 Å². The highest BCUT2D eigenvalue weighted by molar-refractivity contribution is 5.83. The Morgan fingerprint density at radius 1 is 0.500 bits per heavy atom. The second-order valence-electron chi connectivity index (χ2n) is 8.97. The lowest BCUT2D eigenvalue weighted by Crippen LogP contribution is -2.09. The van der Waals surface area contributed by atoms with Crippen LogP contribution in [0, 0.1) is 0 Å². The second kappa shape index (κ2) is 8.72. The summed E-state index contributed by atoms with van der Waals surface area (Å²) in [4.78, 5) is 2.20. The molecule has 0 unspecified atom stereocenters. The quantitative estimate of drug-likeness (QED) is 0.244. The molecule has 0 fully saturated rings. The average molecular weight is 478 g/mol. The van der Waals surface area contributed by atoms with Gasteiger partial charge in [0.25, 0.3) is 0 Å². The van der Waals surface area contributed by atoms with Crippen molar-refractivity contribution < 1.29 is 13.2 Å². The van der Waals surface area contributed by atoms with E-state index in [9.17, 15) is 13.2 Å². The molecule has 176 valence electrons. The molecule has 0 amide bonds. The van der Waals surface area contributed by atoms with E-state index in [0.29, 0.717) is 12.0 Å². The molecular weight excluding hydrogens is 455 g/mol. The van der Waals surface area contributed by atoms with Gasteiger partial charge in [0.1, 0.15) is 0 Å². The van der Waals surface area contributed by atoms with Gasteiger partial charge in [-0.1, -0.05) is 66.7 Å². The van der Waals surface area contributed by atoms with E-state index in [0.717, 1.165) is 44.9 Å². The van der Waals surface area contributed by atoms with Gasteiger partial charge in [-0.25, -0.2) is 0 Å². The van der Waals surface area contributed by atoms with Crippen LogP contribution in [-0.2, 0) is 12.6 Å². The lowest BCUT2D eigenvalue weighted by Gasteiger charge is -2.25. The van der Waals surface area contributed by atoms with Crippen molar-refractivity contribution in [2.45, 2.75) is 12.6 Å². The maximum Gasteiger partial charge on any atom is 0.416 e. The molecule has 0 aliphatic heterocycles. The third-order valence-corrected chi connectivity index (χ3v) is 6.71. The number of halogens is 3. The summed E-state index contributed by atoms with van der Waals surface area (Å²) in [7, 11) is 0. The van der Waals surface area contributed by atoms with Gasteiger partial charge in [-0.2, -0.15) is 13.2 Å².